The van der Waals surface area contributed by atoms with E-state index >= 15 is 0 Å². The van der Waals surface area contributed by atoms with Crippen LogP contribution in [-0.4, -0.2) is 6.72 Å². The van der Waals surface area contributed by atoms with Crippen LogP contribution in [0.5, 0.6) is 0 Å². The molecule has 0 heterocycles. The highest BCUT2D eigenvalue weighted by Crippen LogP contribution is 2.02. The Hall–Kier alpha value is -0.560. The molecule has 1 nitrogen and oxygen atoms in total. The van der Waals surface area contributed by atoms with Crippen LogP contribution in [-0.2, 0) is 0 Å². The first kappa shape index (κ1) is 8.44. The normalized spacial score (nSPS) is 10.8. The Kier molecular flexibility index (Phi) is 4.06. The topological polar surface area (TPSA) is 12.4 Å². The fourth-order valence-corrected chi connectivity index (χ4v) is 0.351. The third-order valence-corrected chi connectivity index (χ3v) is 0.951. The lowest BCUT2D eigenvalue weighted by atomic mass is 10.3. The molecular weight excluding hydrogens is 134 g/mol. The highest BCUT2D eigenvalue weighted by atomic mass is 35.5. The highest BCUT2D eigenvalue weighted by molar-refractivity contribution is 6.29. The molecule has 0 aliphatic heterocycles. The van der Waals surface area contributed by atoms with Crippen molar-refractivity contribution in [3.8, 4) is 0 Å². The van der Waals surface area contributed by atoms with Crippen molar-refractivity contribution in [2.75, 3.05) is 0 Å². The SMILES string of the molecule is C=N/C(Cl)=C\C=C(C)C. The Morgan fingerprint density at radius 1 is 1.44 bits per heavy atom. The summed E-state index contributed by atoms with van der Waals surface area (Å²) in [6.45, 7) is 7.24. The summed E-state index contributed by atoms with van der Waals surface area (Å²) >= 11 is 5.50. The van der Waals surface area contributed by atoms with E-state index < -0.39 is 0 Å². The van der Waals surface area contributed by atoms with Crippen LogP contribution in [0.1, 0.15) is 13.8 Å². The zero-order valence-electron chi connectivity index (χ0n) is 5.69. The van der Waals surface area contributed by atoms with Crippen molar-refractivity contribution < 1.29 is 0 Å². The molecule has 0 spiro atoms. The van der Waals surface area contributed by atoms with E-state index in [-0.39, 0.29) is 0 Å². The largest absolute Gasteiger partial charge is 0.252 e. The highest BCUT2D eigenvalue weighted by Gasteiger charge is 1.78. The van der Waals surface area contributed by atoms with Gasteiger partial charge in [0.05, 0.1) is 0 Å². The lowest BCUT2D eigenvalue weighted by Crippen LogP contribution is -1.62. The average molecular weight is 144 g/mol. The molecule has 0 aliphatic carbocycles. The number of rotatable bonds is 2. The molecule has 0 aromatic heterocycles. The van der Waals surface area contributed by atoms with E-state index in [4.69, 9.17) is 11.6 Å². The summed E-state index contributed by atoms with van der Waals surface area (Å²) in [5.41, 5.74) is 1.19. The van der Waals surface area contributed by atoms with Gasteiger partial charge in [0, 0.05) is 0 Å². The molecule has 0 bridgehead atoms. The van der Waals surface area contributed by atoms with E-state index in [9.17, 15) is 0 Å². The number of hydrogen-bond acceptors (Lipinski definition) is 1. The Bertz CT molecular complexity index is 152. The molecule has 0 unspecified atom stereocenters. The molecule has 0 saturated heterocycles. The Morgan fingerprint density at radius 2 is 2.00 bits per heavy atom. The molecule has 0 atom stereocenters. The number of aliphatic imine (C=N–C) groups is 1. The van der Waals surface area contributed by atoms with Gasteiger partial charge in [-0.3, -0.25) is 4.99 Å². The van der Waals surface area contributed by atoms with Gasteiger partial charge >= 0.3 is 0 Å². The van der Waals surface area contributed by atoms with Gasteiger partial charge in [-0.15, -0.1) is 0 Å². The lowest BCUT2D eigenvalue weighted by Gasteiger charge is -1.83. The van der Waals surface area contributed by atoms with Crippen LogP contribution in [0.3, 0.4) is 0 Å². The molecule has 2 heteroatoms. The summed E-state index contributed by atoms with van der Waals surface area (Å²) in [7, 11) is 0. The maximum absolute atomic E-state index is 5.50. The van der Waals surface area contributed by atoms with Crippen molar-refractivity contribution in [2.24, 2.45) is 4.99 Å². The number of allylic oxidation sites excluding steroid dienone is 3. The van der Waals surface area contributed by atoms with E-state index in [0.717, 1.165) is 0 Å². The van der Waals surface area contributed by atoms with Gasteiger partial charge in [0.1, 0.15) is 5.16 Å². The second-order valence-electron chi connectivity index (χ2n) is 1.89. The van der Waals surface area contributed by atoms with Crippen LogP contribution in [0.4, 0.5) is 0 Å². The van der Waals surface area contributed by atoms with Crippen molar-refractivity contribution in [3.63, 3.8) is 0 Å². The summed E-state index contributed by atoms with van der Waals surface area (Å²) < 4.78 is 0. The van der Waals surface area contributed by atoms with Crippen LogP contribution in [0.15, 0.2) is 27.9 Å². The zero-order valence-corrected chi connectivity index (χ0v) is 6.44. The molecule has 0 fully saturated rings. The fraction of sp³-hybridized carbons (Fsp3) is 0.286. The van der Waals surface area contributed by atoms with Crippen molar-refractivity contribution in [2.45, 2.75) is 13.8 Å². The van der Waals surface area contributed by atoms with Crippen molar-refractivity contribution >= 4 is 18.3 Å². The van der Waals surface area contributed by atoms with Crippen LogP contribution < -0.4 is 0 Å². The second kappa shape index (κ2) is 4.33. The molecule has 0 aliphatic rings. The lowest BCUT2D eigenvalue weighted by molar-refractivity contribution is 1.39. The third-order valence-electron chi connectivity index (χ3n) is 0.705. The third kappa shape index (κ3) is 5.31. The molecule has 50 valence electrons. The zero-order chi connectivity index (χ0) is 7.28. The van der Waals surface area contributed by atoms with Crippen molar-refractivity contribution in [3.05, 3.63) is 22.9 Å². The Morgan fingerprint density at radius 3 is 2.33 bits per heavy atom. The summed E-state index contributed by atoms with van der Waals surface area (Å²) in [6.07, 6.45) is 3.60. The first-order chi connectivity index (χ1) is 4.16. The Labute approximate surface area is 60.7 Å². The quantitative estimate of drug-likeness (QED) is 0.320. The van der Waals surface area contributed by atoms with E-state index in [1.54, 1.807) is 6.08 Å². The van der Waals surface area contributed by atoms with Crippen LogP contribution >= 0.6 is 11.6 Å². The van der Waals surface area contributed by atoms with Gasteiger partial charge in [0.15, 0.2) is 0 Å². The van der Waals surface area contributed by atoms with Crippen LogP contribution in [0.2, 0.25) is 0 Å². The molecule has 0 rings (SSSR count). The van der Waals surface area contributed by atoms with Crippen molar-refractivity contribution in [1.82, 2.24) is 0 Å². The maximum atomic E-state index is 5.50. The van der Waals surface area contributed by atoms with Crippen LogP contribution in [0.25, 0.3) is 0 Å². The molecule has 0 N–H and O–H groups in total. The van der Waals surface area contributed by atoms with Gasteiger partial charge in [-0.2, -0.15) is 0 Å². The molecule has 0 amide bonds. The van der Waals surface area contributed by atoms with Gasteiger partial charge in [-0.05, 0) is 26.6 Å². The predicted octanol–water partition coefficient (Wildman–Crippen LogP) is 2.73. The molecule has 0 radical (unpaired) electrons. The van der Waals surface area contributed by atoms with Gasteiger partial charge in [-0.25, -0.2) is 0 Å². The fourth-order valence-electron chi connectivity index (χ4n) is 0.288. The van der Waals surface area contributed by atoms with Gasteiger partial charge in [0.2, 0.25) is 0 Å². The minimum absolute atomic E-state index is 0.427. The summed E-state index contributed by atoms with van der Waals surface area (Å²) in [6, 6.07) is 0. The van der Waals surface area contributed by atoms with Crippen molar-refractivity contribution in [1.29, 1.82) is 0 Å². The number of halogens is 1. The van der Waals surface area contributed by atoms with Gasteiger partial charge in [-0.1, -0.05) is 23.3 Å². The Balaban J connectivity index is 3.98. The summed E-state index contributed by atoms with van der Waals surface area (Å²) in [5, 5.41) is 0.427. The molecule has 0 aromatic carbocycles. The monoisotopic (exact) mass is 143 g/mol. The maximum Gasteiger partial charge on any atom is 0.128 e. The predicted molar refractivity (Wildman–Crippen MR) is 42.9 cm³/mol. The van der Waals surface area contributed by atoms with E-state index in [1.165, 1.54) is 5.57 Å². The minimum Gasteiger partial charge on any atom is -0.252 e. The standard InChI is InChI=1S/C7H10ClN/c1-6(2)4-5-7(8)9-3/h4-5H,3H2,1-2H3/b7-5-. The van der Waals surface area contributed by atoms with Crippen LogP contribution in [0, 0.1) is 0 Å². The number of nitrogens with zero attached hydrogens (tertiary/aromatic N) is 1. The molecule has 9 heavy (non-hydrogen) atoms. The first-order valence-corrected chi connectivity index (χ1v) is 3.02. The van der Waals surface area contributed by atoms with E-state index in [2.05, 4.69) is 11.7 Å². The summed E-state index contributed by atoms with van der Waals surface area (Å²) in [5.74, 6) is 0. The molecular formula is C7H10ClN. The second-order valence-corrected chi connectivity index (χ2v) is 2.28. The van der Waals surface area contributed by atoms with E-state index in [0.29, 0.717) is 5.16 Å². The average Bonchev–Trinajstić information content (AvgIpc) is 1.83. The smallest absolute Gasteiger partial charge is 0.128 e. The summed E-state index contributed by atoms with van der Waals surface area (Å²) in [4.78, 5) is 3.49. The minimum atomic E-state index is 0.427. The molecule has 0 aromatic rings. The number of hydrogen-bond donors (Lipinski definition) is 0. The van der Waals surface area contributed by atoms with Gasteiger partial charge in [0.25, 0.3) is 0 Å². The van der Waals surface area contributed by atoms with Gasteiger partial charge < -0.3 is 0 Å². The first-order valence-electron chi connectivity index (χ1n) is 2.64. The molecule has 0 saturated carbocycles. The van der Waals surface area contributed by atoms with E-state index in [1.807, 2.05) is 19.9 Å².